The Labute approximate surface area is 123 Å². The van der Waals surface area contributed by atoms with E-state index in [1.165, 1.54) is 0 Å². The molecule has 19 heavy (non-hydrogen) atoms. The summed E-state index contributed by atoms with van der Waals surface area (Å²) in [6.45, 7) is 7.47. The molecule has 106 valence electrons. The highest BCUT2D eigenvalue weighted by molar-refractivity contribution is 6.40. The molecule has 0 saturated heterocycles. The predicted octanol–water partition coefficient (Wildman–Crippen LogP) is 3.24. The normalized spacial score (nSPS) is 12.5. The van der Waals surface area contributed by atoms with Gasteiger partial charge in [0.05, 0.1) is 21.8 Å². The number of nitrogens with two attached hydrogens (primary N) is 1. The van der Waals surface area contributed by atoms with E-state index in [-0.39, 0.29) is 11.9 Å². The molecule has 3 N–H and O–H groups in total. The summed E-state index contributed by atoms with van der Waals surface area (Å²) in [4.78, 5) is 14.2. The Morgan fingerprint density at radius 1 is 1.32 bits per heavy atom. The van der Waals surface area contributed by atoms with Crippen molar-refractivity contribution in [2.75, 3.05) is 24.1 Å². The first kappa shape index (κ1) is 16.1. The molecule has 0 heterocycles. The minimum atomic E-state index is -0.250. The van der Waals surface area contributed by atoms with Crippen LogP contribution in [-0.2, 0) is 4.79 Å². The van der Waals surface area contributed by atoms with Gasteiger partial charge in [-0.1, -0.05) is 37.0 Å². The lowest BCUT2D eigenvalue weighted by molar-refractivity contribution is -0.120. The molecule has 6 heteroatoms. The number of hydrogen-bond donors (Lipinski definition) is 2. The van der Waals surface area contributed by atoms with Crippen LogP contribution in [0.5, 0.6) is 0 Å². The topological polar surface area (TPSA) is 58.4 Å². The number of likely N-dealkylation sites (N-methyl/N-ethyl adjacent to an activating group) is 1. The molecule has 1 unspecified atom stereocenters. The molecule has 1 amide bonds. The van der Waals surface area contributed by atoms with Gasteiger partial charge >= 0.3 is 0 Å². The van der Waals surface area contributed by atoms with Gasteiger partial charge in [0.2, 0.25) is 5.91 Å². The van der Waals surface area contributed by atoms with Crippen molar-refractivity contribution < 1.29 is 4.79 Å². The van der Waals surface area contributed by atoms with E-state index in [1.54, 1.807) is 12.1 Å². The molecule has 1 atom stereocenters. The van der Waals surface area contributed by atoms with E-state index in [0.717, 1.165) is 13.1 Å². The Morgan fingerprint density at radius 2 is 1.79 bits per heavy atom. The number of carbonyl (C=O) groups is 1. The van der Waals surface area contributed by atoms with Gasteiger partial charge in [0.25, 0.3) is 0 Å². The van der Waals surface area contributed by atoms with Crippen LogP contribution in [0.1, 0.15) is 20.8 Å². The largest absolute Gasteiger partial charge is 0.399 e. The van der Waals surface area contributed by atoms with E-state index in [2.05, 4.69) is 5.32 Å². The number of amides is 1. The summed E-state index contributed by atoms with van der Waals surface area (Å²) in [5.74, 6) is -0.141. The van der Waals surface area contributed by atoms with Gasteiger partial charge in [-0.2, -0.15) is 0 Å². The number of hydrogen-bond acceptors (Lipinski definition) is 3. The number of anilines is 2. The third kappa shape index (κ3) is 4.00. The minimum absolute atomic E-state index is 0.141. The van der Waals surface area contributed by atoms with Crippen molar-refractivity contribution in [3.05, 3.63) is 22.2 Å². The summed E-state index contributed by atoms with van der Waals surface area (Å²) in [5.41, 5.74) is 6.49. The highest BCUT2D eigenvalue weighted by Gasteiger charge is 2.20. The summed E-state index contributed by atoms with van der Waals surface area (Å²) in [5, 5.41) is 3.43. The van der Waals surface area contributed by atoms with Gasteiger partial charge in [0.15, 0.2) is 0 Å². The number of carbonyl (C=O) groups excluding carboxylic acids is 1. The molecule has 0 spiro atoms. The van der Waals surface area contributed by atoms with Gasteiger partial charge in [-0.3, -0.25) is 9.69 Å². The van der Waals surface area contributed by atoms with Gasteiger partial charge in [0.1, 0.15) is 0 Å². The van der Waals surface area contributed by atoms with Crippen LogP contribution in [0.4, 0.5) is 11.4 Å². The molecule has 0 bridgehead atoms. The van der Waals surface area contributed by atoms with Crippen LogP contribution < -0.4 is 11.1 Å². The second kappa shape index (κ2) is 6.98. The van der Waals surface area contributed by atoms with Gasteiger partial charge < -0.3 is 11.1 Å². The maximum absolute atomic E-state index is 12.2. The molecule has 0 aliphatic heterocycles. The van der Waals surface area contributed by atoms with Gasteiger partial charge in [-0.25, -0.2) is 0 Å². The molecular formula is C13H19Cl2N3O. The summed E-state index contributed by atoms with van der Waals surface area (Å²) in [7, 11) is 0. The Kier molecular flexibility index (Phi) is 5.91. The fourth-order valence-electron chi connectivity index (χ4n) is 1.88. The van der Waals surface area contributed by atoms with E-state index in [9.17, 15) is 4.79 Å². The second-order valence-corrected chi connectivity index (χ2v) is 5.06. The molecular weight excluding hydrogens is 285 g/mol. The van der Waals surface area contributed by atoms with Crippen LogP contribution in [-0.4, -0.2) is 29.9 Å². The third-order valence-corrected chi connectivity index (χ3v) is 3.65. The van der Waals surface area contributed by atoms with Crippen molar-refractivity contribution in [1.82, 2.24) is 4.90 Å². The number of rotatable bonds is 5. The highest BCUT2D eigenvalue weighted by atomic mass is 35.5. The Morgan fingerprint density at radius 3 is 2.21 bits per heavy atom. The van der Waals surface area contributed by atoms with E-state index in [1.807, 2.05) is 25.7 Å². The summed E-state index contributed by atoms with van der Waals surface area (Å²) < 4.78 is 0. The molecule has 0 radical (unpaired) electrons. The van der Waals surface area contributed by atoms with Gasteiger partial charge in [-0.05, 0) is 32.1 Å². The molecule has 1 aromatic carbocycles. The molecule has 0 aliphatic rings. The molecule has 0 aromatic heterocycles. The fourth-order valence-corrected chi connectivity index (χ4v) is 2.48. The maximum atomic E-state index is 12.2. The summed E-state index contributed by atoms with van der Waals surface area (Å²) >= 11 is 12.1. The van der Waals surface area contributed by atoms with Crippen molar-refractivity contribution >= 4 is 40.5 Å². The SMILES string of the molecule is CCN(CC)C(C)C(=O)Nc1c(Cl)cc(N)cc1Cl. The van der Waals surface area contributed by atoms with Crippen molar-refractivity contribution in [3.8, 4) is 0 Å². The first-order valence-corrected chi connectivity index (χ1v) is 6.95. The summed E-state index contributed by atoms with van der Waals surface area (Å²) in [6, 6.07) is 2.87. The van der Waals surface area contributed by atoms with Crippen molar-refractivity contribution in [2.24, 2.45) is 0 Å². The highest BCUT2D eigenvalue weighted by Crippen LogP contribution is 2.32. The van der Waals surface area contributed by atoms with E-state index < -0.39 is 0 Å². The molecule has 1 aromatic rings. The van der Waals surface area contributed by atoms with Crippen LogP contribution in [0.2, 0.25) is 10.0 Å². The Balaban J connectivity index is 2.88. The lowest BCUT2D eigenvalue weighted by Crippen LogP contribution is -2.41. The van der Waals surface area contributed by atoms with Crippen molar-refractivity contribution in [3.63, 3.8) is 0 Å². The molecule has 0 fully saturated rings. The molecule has 0 saturated carbocycles. The minimum Gasteiger partial charge on any atom is -0.399 e. The second-order valence-electron chi connectivity index (χ2n) is 4.25. The van der Waals surface area contributed by atoms with Crippen LogP contribution in [0, 0.1) is 0 Å². The van der Waals surface area contributed by atoms with E-state index >= 15 is 0 Å². The predicted molar refractivity (Wildman–Crippen MR) is 81.9 cm³/mol. The smallest absolute Gasteiger partial charge is 0.241 e. The number of nitrogens with zero attached hydrogens (tertiary/aromatic N) is 1. The van der Waals surface area contributed by atoms with Crippen molar-refractivity contribution in [2.45, 2.75) is 26.8 Å². The summed E-state index contributed by atoms with van der Waals surface area (Å²) in [6.07, 6.45) is 0. The monoisotopic (exact) mass is 303 g/mol. The molecule has 0 aliphatic carbocycles. The quantitative estimate of drug-likeness (QED) is 0.821. The first-order valence-electron chi connectivity index (χ1n) is 6.20. The number of benzene rings is 1. The lowest BCUT2D eigenvalue weighted by Gasteiger charge is -2.25. The molecule has 4 nitrogen and oxygen atoms in total. The van der Waals surface area contributed by atoms with Crippen LogP contribution in [0.15, 0.2) is 12.1 Å². The number of nitrogens with one attached hydrogen (secondary N) is 1. The zero-order valence-corrected chi connectivity index (χ0v) is 12.8. The zero-order valence-electron chi connectivity index (χ0n) is 11.3. The fraction of sp³-hybridized carbons (Fsp3) is 0.462. The molecule has 1 rings (SSSR count). The lowest BCUT2D eigenvalue weighted by atomic mass is 10.2. The standard InChI is InChI=1S/C13H19Cl2N3O/c1-4-18(5-2)8(3)13(19)17-12-10(14)6-9(16)7-11(12)15/h6-8H,4-5,16H2,1-3H3,(H,17,19). The number of nitrogen functional groups attached to an aromatic ring is 1. The Hall–Kier alpha value is -0.970. The van der Waals surface area contributed by atoms with E-state index in [0.29, 0.717) is 21.4 Å². The van der Waals surface area contributed by atoms with Crippen LogP contribution in [0.3, 0.4) is 0 Å². The van der Waals surface area contributed by atoms with Crippen molar-refractivity contribution in [1.29, 1.82) is 0 Å². The maximum Gasteiger partial charge on any atom is 0.241 e. The Bertz CT molecular complexity index is 438. The van der Waals surface area contributed by atoms with Crippen LogP contribution in [0.25, 0.3) is 0 Å². The zero-order chi connectivity index (χ0) is 14.6. The number of halogens is 2. The van der Waals surface area contributed by atoms with Gasteiger partial charge in [-0.15, -0.1) is 0 Å². The first-order chi connectivity index (χ1) is 8.90. The van der Waals surface area contributed by atoms with Gasteiger partial charge in [0, 0.05) is 5.69 Å². The average Bonchev–Trinajstić information content (AvgIpc) is 2.34. The third-order valence-electron chi connectivity index (χ3n) is 3.05. The average molecular weight is 304 g/mol. The van der Waals surface area contributed by atoms with Crippen LogP contribution >= 0.6 is 23.2 Å². The van der Waals surface area contributed by atoms with E-state index in [4.69, 9.17) is 28.9 Å².